The van der Waals surface area contributed by atoms with Crippen LogP contribution in [0.25, 0.3) is 0 Å². The second kappa shape index (κ2) is 11.7. The molecular weight excluding hydrogens is 470 g/mol. The third-order valence-corrected chi connectivity index (χ3v) is 7.44. The van der Waals surface area contributed by atoms with Crippen LogP contribution in [-0.4, -0.2) is 108 Å². The van der Waals surface area contributed by atoms with Crippen LogP contribution in [0.3, 0.4) is 0 Å². The number of ether oxygens (including phenoxy) is 1. The summed E-state index contributed by atoms with van der Waals surface area (Å²) in [4.78, 5) is 29.2. The number of benzene rings is 1. The summed E-state index contributed by atoms with van der Waals surface area (Å²) in [6.07, 6.45) is 0.316. The van der Waals surface area contributed by atoms with Crippen molar-refractivity contribution in [2.45, 2.75) is 45.0 Å². The number of aliphatic hydroxyl groups excluding tert-OH is 1. The third kappa shape index (κ3) is 6.56. The lowest BCUT2D eigenvalue weighted by atomic mass is 10.00. The summed E-state index contributed by atoms with van der Waals surface area (Å²) in [5.41, 5.74) is 2.99. The van der Waals surface area contributed by atoms with Crippen molar-refractivity contribution >= 4 is 17.7 Å². The number of fused-ring (bicyclic) bond motifs is 1. The normalized spacial score (nSPS) is 19.8. The monoisotopic (exact) mass is 509 g/mol. The van der Waals surface area contributed by atoms with E-state index in [2.05, 4.69) is 68.4 Å². The van der Waals surface area contributed by atoms with E-state index in [0.717, 1.165) is 45.7 Å². The minimum absolute atomic E-state index is 0.169. The SMILES string of the molecule is CC(C)N1CCN(c2nc(NC3COC3)cc(C(=O)NCC(O)CN3CCc4ccccc4C3)n2)CC1. The zero-order valence-electron chi connectivity index (χ0n) is 21.9. The first-order valence-corrected chi connectivity index (χ1v) is 13.4. The summed E-state index contributed by atoms with van der Waals surface area (Å²) in [6.45, 7) is 11.6. The van der Waals surface area contributed by atoms with Gasteiger partial charge in [0.15, 0.2) is 0 Å². The molecule has 0 spiro atoms. The molecule has 0 aliphatic carbocycles. The molecule has 2 saturated heterocycles. The highest BCUT2D eigenvalue weighted by molar-refractivity contribution is 5.93. The first-order chi connectivity index (χ1) is 17.9. The molecule has 3 aliphatic rings. The maximum Gasteiger partial charge on any atom is 0.270 e. The molecule has 0 saturated carbocycles. The number of amides is 1. The van der Waals surface area contributed by atoms with E-state index < -0.39 is 6.10 Å². The minimum Gasteiger partial charge on any atom is -0.390 e. The Kier molecular flexibility index (Phi) is 8.19. The molecule has 37 heavy (non-hydrogen) atoms. The molecule has 1 atom stereocenters. The summed E-state index contributed by atoms with van der Waals surface area (Å²) >= 11 is 0. The van der Waals surface area contributed by atoms with E-state index in [1.165, 1.54) is 11.1 Å². The summed E-state index contributed by atoms with van der Waals surface area (Å²) < 4.78 is 5.28. The van der Waals surface area contributed by atoms with Gasteiger partial charge in [-0.2, -0.15) is 4.98 Å². The van der Waals surface area contributed by atoms with Crippen LogP contribution in [0.2, 0.25) is 0 Å². The Labute approximate surface area is 219 Å². The van der Waals surface area contributed by atoms with Crippen LogP contribution in [0.4, 0.5) is 11.8 Å². The molecule has 200 valence electrons. The first-order valence-electron chi connectivity index (χ1n) is 13.4. The van der Waals surface area contributed by atoms with E-state index in [1.807, 2.05) is 0 Å². The van der Waals surface area contributed by atoms with Gasteiger partial charge >= 0.3 is 0 Å². The van der Waals surface area contributed by atoms with E-state index >= 15 is 0 Å². The second-order valence-electron chi connectivity index (χ2n) is 10.6. The van der Waals surface area contributed by atoms with Crippen LogP contribution in [0.5, 0.6) is 0 Å². The van der Waals surface area contributed by atoms with Crippen LogP contribution in [-0.2, 0) is 17.7 Å². The Balaban J connectivity index is 1.20. The standard InChI is InChI=1S/C27H39N7O3/c1-19(2)33-9-11-34(12-10-33)27-30-24(13-25(31-27)29-22-17-37-18-22)26(36)28-14-23(35)16-32-8-7-20-5-3-4-6-21(20)15-32/h3-6,13,19,22-23,35H,7-12,14-18H2,1-2H3,(H,28,36)(H,29,30,31). The molecular formula is C27H39N7O3. The van der Waals surface area contributed by atoms with E-state index in [1.54, 1.807) is 6.07 Å². The quantitative estimate of drug-likeness (QED) is 0.456. The minimum atomic E-state index is -0.663. The van der Waals surface area contributed by atoms with Gasteiger partial charge in [-0.3, -0.25) is 14.6 Å². The van der Waals surface area contributed by atoms with Crippen molar-refractivity contribution < 1.29 is 14.6 Å². The number of nitrogens with zero attached hydrogens (tertiary/aromatic N) is 5. The average molecular weight is 510 g/mol. The number of aliphatic hydroxyl groups is 1. The lowest BCUT2D eigenvalue weighted by Gasteiger charge is -2.37. The van der Waals surface area contributed by atoms with Gasteiger partial charge in [0.25, 0.3) is 5.91 Å². The highest BCUT2D eigenvalue weighted by Crippen LogP contribution is 2.20. The van der Waals surface area contributed by atoms with Crippen molar-refractivity contribution in [2.75, 3.05) is 69.2 Å². The second-order valence-corrected chi connectivity index (χ2v) is 10.6. The van der Waals surface area contributed by atoms with Gasteiger partial charge in [0.2, 0.25) is 5.95 Å². The van der Waals surface area contributed by atoms with Crippen LogP contribution in [0.1, 0.15) is 35.5 Å². The zero-order chi connectivity index (χ0) is 25.8. The Morgan fingerprint density at radius 2 is 1.86 bits per heavy atom. The number of aromatic nitrogens is 2. The fourth-order valence-corrected chi connectivity index (χ4v) is 5.11. The molecule has 4 heterocycles. The van der Waals surface area contributed by atoms with Crippen molar-refractivity contribution in [1.82, 2.24) is 25.1 Å². The van der Waals surface area contributed by atoms with Crippen molar-refractivity contribution in [3.63, 3.8) is 0 Å². The Hall–Kier alpha value is -2.79. The summed E-state index contributed by atoms with van der Waals surface area (Å²) in [6, 6.07) is 10.8. The molecule has 0 bridgehead atoms. The summed E-state index contributed by atoms with van der Waals surface area (Å²) in [5, 5.41) is 16.9. The predicted octanol–water partition coefficient (Wildman–Crippen LogP) is 0.967. The lowest BCUT2D eigenvalue weighted by Crippen LogP contribution is -2.49. The molecule has 2 fully saturated rings. The van der Waals surface area contributed by atoms with E-state index in [0.29, 0.717) is 43.3 Å². The summed E-state index contributed by atoms with van der Waals surface area (Å²) in [5.74, 6) is 0.883. The average Bonchev–Trinajstić information content (AvgIpc) is 2.89. The molecule has 10 heteroatoms. The van der Waals surface area contributed by atoms with Gasteiger partial charge in [0.05, 0.1) is 25.4 Å². The molecule has 1 aromatic heterocycles. The van der Waals surface area contributed by atoms with E-state index in [-0.39, 0.29) is 18.5 Å². The maximum absolute atomic E-state index is 13.1. The highest BCUT2D eigenvalue weighted by Gasteiger charge is 2.25. The molecule has 3 N–H and O–H groups in total. The molecule has 1 aromatic carbocycles. The van der Waals surface area contributed by atoms with Gasteiger partial charge in [0, 0.05) is 64.5 Å². The maximum atomic E-state index is 13.1. The molecule has 2 aromatic rings. The molecule has 5 rings (SSSR count). The number of piperazine rings is 1. The number of nitrogens with one attached hydrogen (secondary N) is 2. The molecule has 3 aliphatic heterocycles. The number of hydrogen-bond donors (Lipinski definition) is 3. The summed E-state index contributed by atoms with van der Waals surface area (Å²) in [7, 11) is 0. The number of anilines is 2. The van der Waals surface area contributed by atoms with Crippen molar-refractivity contribution in [2.24, 2.45) is 0 Å². The van der Waals surface area contributed by atoms with Gasteiger partial charge in [-0.1, -0.05) is 24.3 Å². The number of hydrogen-bond acceptors (Lipinski definition) is 9. The number of carbonyl (C=O) groups excluding carboxylic acids is 1. The Bertz CT molecular complexity index is 1070. The van der Waals surface area contributed by atoms with Crippen molar-refractivity contribution in [3.05, 3.63) is 47.2 Å². The highest BCUT2D eigenvalue weighted by atomic mass is 16.5. The van der Waals surface area contributed by atoms with E-state index in [4.69, 9.17) is 9.72 Å². The van der Waals surface area contributed by atoms with Crippen LogP contribution in [0, 0.1) is 0 Å². The van der Waals surface area contributed by atoms with Crippen molar-refractivity contribution in [1.29, 1.82) is 0 Å². The fraction of sp³-hybridized carbons (Fsp3) is 0.593. The molecule has 10 nitrogen and oxygen atoms in total. The molecule has 1 amide bonds. The van der Waals surface area contributed by atoms with Crippen molar-refractivity contribution in [3.8, 4) is 0 Å². The van der Waals surface area contributed by atoms with Crippen LogP contribution in [0.15, 0.2) is 30.3 Å². The van der Waals surface area contributed by atoms with Crippen LogP contribution < -0.4 is 15.5 Å². The van der Waals surface area contributed by atoms with E-state index in [9.17, 15) is 9.90 Å². The van der Waals surface area contributed by atoms with Crippen LogP contribution >= 0.6 is 0 Å². The predicted molar refractivity (Wildman–Crippen MR) is 143 cm³/mol. The lowest BCUT2D eigenvalue weighted by molar-refractivity contribution is 0.0209. The Morgan fingerprint density at radius 1 is 1.11 bits per heavy atom. The van der Waals surface area contributed by atoms with Gasteiger partial charge in [0.1, 0.15) is 11.5 Å². The third-order valence-electron chi connectivity index (χ3n) is 7.44. The zero-order valence-corrected chi connectivity index (χ0v) is 21.9. The van der Waals surface area contributed by atoms with Gasteiger partial charge < -0.3 is 25.4 Å². The number of rotatable bonds is 9. The first kappa shape index (κ1) is 25.8. The smallest absolute Gasteiger partial charge is 0.270 e. The number of carbonyl (C=O) groups is 1. The van der Waals surface area contributed by atoms with Gasteiger partial charge in [-0.15, -0.1) is 0 Å². The van der Waals surface area contributed by atoms with Gasteiger partial charge in [-0.25, -0.2) is 4.98 Å². The largest absolute Gasteiger partial charge is 0.390 e. The topological polar surface area (TPSA) is 106 Å². The Morgan fingerprint density at radius 3 is 2.57 bits per heavy atom. The van der Waals surface area contributed by atoms with Gasteiger partial charge in [-0.05, 0) is 31.4 Å². The number of β-amino-alcohol motifs (C(OH)–C–C–N with tert-alkyl or cyclic N) is 1. The fourth-order valence-electron chi connectivity index (χ4n) is 5.11. The molecule has 0 radical (unpaired) electrons. The molecule has 1 unspecified atom stereocenters.